The van der Waals surface area contributed by atoms with Crippen molar-refractivity contribution in [3.63, 3.8) is 0 Å². The maximum absolute atomic E-state index is 11.2. The van der Waals surface area contributed by atoms with Crippen LogP contribution >= 0.6 is 0 Å². The second-order valence-electron chi connectivity index (χ2n) is 5.49. The summed E-state index contributed by atoms with van der Waals surface area (Å²) in [7, 11) is 0. The van der Waals surface area contributed by atoms with Crippen molar-refractivity contribution in [2.75, 3.05) is 6.61 Å². The maximum Gasteiger partial charge on any atom is 0.308 e. The van der Waals surface area contributed by atoms with Crippen LogP contribution in [0.4, 0.5) is 0 Å². The smallest absolute Gasteiger partial charge is 0.308 e. The molecule has 0 saturated heterocycles. The van der Waals surface area contributed by atoms with Crippen LogP contribution in [0, 0.1) is 20.8 Å². The summed E-state index contributed by atoms with van der Waals surface area (Å²) < 4.78 is 11.2. The summed E-state index contributed by atoms with van der Waals surface area (Å²) >= 11 is 0. The van der Waals surface area contributed by atoms with E-state index in [1.807, 2.05) is 27.7 Å². The van der Waals surface area contributed by atoms with Gasteiger partial charge in [-0.25, -0.2) is 0 Å². The summed E-state index contributed by atoms with van der Waals surface area (Å²) in [5.74, 6) is 1.12. The van der Waals surface area contributed by atoms with Gasteiger partial charge < -0.3 is 14.6 Å². The van der Waals surface area contributed by atoms with Crippen LogP contribution in [0.1, 0.15) is 36.1 Å². The summed E-state index contributed by atoms with van der Waals surface area (Å²) in [6.07, 6.45) is 0.625. The van der Waals surface area contributed by atoms with E-state index in [4.69, 9.17) is 9.47 Å². The zero-order valence-electron chi connectivity index (χ0n) is 12.1. The van der Waals surface area contributed by atoms with Crippen LogP contribution in [0.15, 0.2) is 0 Å². The number of rotatable bonds is 2. The molecule has 0 radical (unpaired) electrons. The fourth-order valence-electron chi connectivity index (χ4n) is 2.55. The second kappa shape index (κ2) is 4.53. The maximum atomic E-state index is 11.2. The van der Waals surface area contributed by atoms with Crippen molar-refractivity contribution in [2.24, 2.45) is 0 Å². The Bertz CT molecular complexity index is 548. The molecule has 1 heterocycles. The second-order valence-corrected chi connectivity index (χ2v) is 5.49. The summed E-state index contributed by atoms with van der Waals surface area (Å²) in [4.78, 5) is 11.2. The Kier molecular flexibility index (Phi) is 3.31. The lowest BCUT2D eigenvalue weighted by Crippen LogP contribution is -2.34. The van der Waals surface area contributed by atoms with Crippen molar-refractivity contribution < 1.29 is 19.4 Å². The van der Waals surface area contributed by atoms with Crippen LogP contribution in [-0.2, 0) is 11.2 Å². The molecular formula is C15H20O4. The van der Waals surface area contributed by atoms with E-state index < -0.39 is 5.60 Å². The number of hydrogen-bond acceptors (Lipinski definition) is 4. The molecule has 0 aliphatic carbocycles. The number of hydrogen-bond donors (Lipinski definition) is 1. The standard InChI is InChI=1S/C15H20O4/c1-8-9(2)14-12(6-15(5,7-16)19-14)10(3)13(8)18-11(4)17/h16H,6-7H2,1-5H3. The molecule has 2 rings (SSSR count). The van der Waals surface area contributed by atoms with Gasteiger partial charge in [0.25, 0.3) is 0 Å². The first-order valence-electron chi connectivity index (χ1n) is 6.40. The molecule has 104 valence electrons. The Hall–Kier alpha value is -1.55. The Labute approximate surface area is 113 Å². The van der Waals surface area contributed by atoms with Gasteiger partial charge in [-0.3, -0.25) is 4.79 Å². The SMILES string of the molecule is CC(=O)Oc1c(C)c(C)c2c(c1C)CC(C)(CO)O2. The van der Waals surface area contributed by atoms with Gasteiger partial charge in [0.05, 0.1) is 6.61 Å². The van der Waals surface area contributed by atoms with E-state index in [2.05, 4.69) is 0 Å². The molecule has 1 aliphatic rings. The summed E-state index contributed by atoms with van der Waals surface area (Å²) in [6.45, 7) is 9.03. The molecule has 0 bridgehead atoms. The molecule has 1 N–H and O–H groups in total. The Morgan fingerprint density at radius 3 is 2.47 bits per heavy atom. The third-order valence-corrected chi connectivity index (χ3v) is 3.79. The van der Waals surface area contributed by atoms with Crippen LogP contribution in [0.25, 0.3) is 0 Å². The minimum atomic E-state index is -0.584. The number of carbonyl (C=O) groups excluding carboxylic acids is 1. The molecule has 1 aromatic rings. The van der Waals surface area contributed by atoms with Gasteiger partial charge in [-0.2, -0.15) is 0 Å². The van der Waals surface area contributed by atoms with Crippen molar-refractivity contribution in [2.45, 2.75) is 46.6 Å². The van der Waals surface area contributed by atoms with Crippen LogP contribution in [0.5, 0.6) is 11.5 Å². The predicted octanol–water partition coefficient (Wildman–Crippen LogP) is 2.22. The Balaban J connectivity index is 2.58. The van der Waals surface area contributed by atoms with E-state index in [0.717, 1.165) is 28.0 Å². The molecule has 0 amide bonds. The lowest BCUT2D eigenvalue weighted by Gasteiger charge is -2.21. The molecule has 0 saturated carbocycles. The van der Waals surface area contributed by atoms with Crippen molar-refractivity contribution >= 4 is 5.97 Å². The monoisotopic (exact) mass is 264 g/mol. The number of carbonyl (C=O) groups is 1. The lowest BCUT2D eigenvalue weighted by molar-refractivity contribution is -0.131. The molecule has 1 atom stereocenters. The van der Waals surface area contributed by atoms with Gasteiger partial charge in [-0.15, -0.1) is 0 Å². The third kappa shape index (κ3) is 2.21. The quantitative estimate of drug-likeness (QED) is 0.657. The number of ether oxygens (including phenoxy) is 2. The largest absolute Gasteiger partial charge is 0.484 e. The van der Waals surface area contributed by atoms with Crippen LogP contribution in [0.3, 0.4) is 0 Å². The summed E-state index contributed by atoms with van der Waals surface area (Å²) in [5.41, 5.74) is 3.24. The highest BCUT2D eigenvalue weighted by molar-refractivity contribution is 5.72. The molecule has 1 aromatic carbocycles. The van der Waals surface area contributed by atoms with E-state index in [0.29, 0.717) is 12.2 Å². The van der Waals surface area contributed by atoms with Gasteiger partial charge in [0.15, 0.2) is 0 Å². The normalized spacial score (nSPS) is 20.9. The van der Waals surface area contributed by atoms with Crippen molar-refractivity contribution in [1.29, 1.82) is 0 Å². The number of aliphatic hydroxyl groups is 1. The van der Waals surface area contributed by atoms with E-state index in [1.165, 1.54) is 6.92 Å². The van der Waals surface area contributed by atoms with Crippen molar-refractivity contribution in [3.8, 4) is 11.5 Å². The van der Waals surface area contributed by atoms with E-state index in [9.17, 15) is 9.90 Å². The van der Waals surface area contributed by atoms with Crippen LogP contribution in [0.2, 0.25) is 0 Å². The third-order valence-electron chi connectivity index (χ3n) is 3.79. The highest BCUT2D eigenvalue weighted by Crippen LogP contribution is 2.45. The fourth-order valence-corrected chi connectivity index (χ4v) is 2.55. The number of esters is 1. The fraction of sp³-hybridized carbons (Fsp3) is 0.533. The first kappa shape index (κ1) is 13.9. The number of benzene rings is 1. The minimum absolute atomic E-state index is 0.0392. The van der Waals surface area contributed by atoms with Gasteiger partial charge in [0.2, 0.25) is 0 Å². The molecule has 4 nitrogen and oxygen atoms in total. The first-order chi connectivity index (χ1) is 8.79. The van der Waals surface area contributed by atoms with E-state index >= 15 is 0 Å². The molecule has 0 aromatic heterocycles. The molecule has 0 fully saturated rings. The van der Waals surface area contributed by atoms with Gasteiger partial charge >= 0.3 is 5.97 Å². The topological polar surface area (TPSA) is 55.8 Å². The molecular weight excluding hydrogens is 244 g/mol. The molecule has 1 aliphatic heterocycles. The Morgan fingerprint density at radius 2 is 1.95 bits per heavy atom. The van der Waals surface area contributed by atoms with Gasteiger partial charge in [-0.1, -0.05) is 0 Å². The Morgan fingerprint density at radius 1 is 1.32 bits per heavy atom. The number of aliphatic hydroxyl groups excluding tert-OH is 1. The summed E-state index contributed by atoms with van der Waals surface area (Å²) in [5, 5.41) is 9.45. The summed E-state index contributed by atoms with van der Waals surface area (Å²) in [6, 6.07) is 0. The molecule has 4 heteroatoms. The number of fused-ring (bicyclic) bond motifs is 1. The molecule has 1 unspecified atom stereocenters. The van der Waals surface area contributed by atoms with Crippen molar-refractivity contribution in [1.82, 2.24) is 0 Å². The average molecular weight is 264 g/mol. The van der Waals surface area contributed by atoms with E-state index in [-0.39, 0.29) is 12.6 Å². The van der Waals surface area contributed by atoms with Crippen LogP contribution < -0.4 is 9.47 Å². The average Bonchev–Trinajstić information content (AvgIpc) is 2.71. The predicted molar refractivity (Wildman–Crippen MR) is 71.8 cm³/mol. The highest BCUT2D eigenvalue weighted by Gasteiger charge is 2.38. The van der Waals surface area contributed by atoms with Gasteiger partial charge in [0.1, 0.15) is 17.1 Å². The highest BCUT2D eigenvalue weighted by atomic mass is 16.5. The van der Waals surface area contributed by atoms with E-state index in [1.54, 1.807) is 0 Å². The van der Waals surface area contributed by atoms with Gasteiger partial charge in [-0.05, 0) is 44.4 Å². The zero-order chi connectivity index (χ0) is 14.4. The van der Waals surface area contributed by atoms with Crippen LogP contribution in [-0.4, -0.2) is 23.3 Å². The minimum Gasteiger partial charge on any atom is -0.484 e. The lowest BCUT2D eigenvalue weighted by atomic mass is 9.93. The van der Waals surface area contributed by atoms with Crippen molar-refractivity contribution in [3.05, 3.63) is 22.3 Å². The molecule has 0 spiro atoms. The molecule has 19 heavy (non-hydrogen) atoms. The first-order valence-corrected chi connectivity index (χ1v) is 6.40. The van der Waals surface area contributed by atoms with Gasteiger partial charge in [0, 0.05) is 18.9 Å². The zero-order valence-corrected chi connectivity index (χ0v) is 12.1.